The van der Waals surface area contributed by atoms with E-state index in [-0.39, 0.29) is 5.91 Å². The SMILES string of the molecule is Cc1cc(C)cc(N(C)C(=O)c2cc3ccccc3nc2C)c1. The number of benzene rings is 2. The van der Waals surface area contributed by atoms with Crippen LogP contribution in [-0.4, -0.2) is 17.9 Å². The molecular formula is C20H20N2O. The Hall–Kier alpha value is -2.68. The molecule has 0 unspecified atom stereocenters. The van der Waals surface area contributed by atoms with Crippen molar-refractivity contribution in [1.82, 2.24) is 4.98 Å². The van der Waals surface area contributed by atoms with Gasteiger partial charge in [-0.15, -0.1) is 0 Å². The number of anilines is 1. The van der Waals surface area contributed by atoms with Crippen LogP contribution in [0.2, 0.25) is 0 Å². The van der Waals surface area contributed by atoms with Gasteiger partial charge in [0.25, 0.3) is 5.91 Å². The molecule has 0 N–H and O–H groups in total. The normalized spacial score (nSPS) is 10.8. The number of fused-ring (bicyclic) bond motifs is 1. The van der Waals surface area contributed by atoms with Crippen molar-refractivity contribution >= 4 is 22.5 Å². The molecule has 0 aliphatic heterocycles. The predicted molar refractivity (Wildman–Crippen MR) is 95.1 cm³/mol. The Morgan fingerprint density at radius 2 is 1.61 bits per heavy atom. The number of carbonyl (C=O) groups excluding carboxylic acids is 1. The molecule has 23 heavy (non-hydrogen) atoms. The topological polar surface area (TPSA) is 33.2 Å². The first-order valence-corrected chi connectivity index (χ1v) is 7.68. The Morgan fingerprint density at radius 3 is 2.30 bits per heavy atom. The molecule has 0 bridgehead atoms. The summed E-state index contributed by atoms with van der Waals surface area (Å²) in [5, 5.41) is 0.982. The molecule has 0 radical (unpaired) electrons. The van der Waals surface area contributed by atoms with Crippen molar-refractivity contribution < 1.29 is 4.79 Å². The average Bonchev–Trinajstić information content (AvgIpc) is 2.52. The van der Waals surface area contributed by atoms with Gasteiger partial charge in [0.1, 0.15) is 0 Å². The zero-order valence-electron chi connectivity index (χ0n) is 13.9. The van der Waals surface area contributed by atoms with Crippen molar-refractivity contribution in [3.05, 3.63) is 70.9 Å². The molecule has 0 saturated carbocycles. The summed E-state index contributed by atoms with van der Waals surface area (Å²) in [6.45, 7) is 5.96. The molecular weight excluding hydrogens is 284 g/mol. The fourth-order valence-corrected chi connectivity index (χ4v) is 2.87. The minimum Gasteiger partial charge on any atom is -0.311 e. The number of aryl methyl sites for hydroxylation is 3. The lowest BCUT2D eigenvalue weighted by Crippen LogP contribution is -2.27. The van der Waals surface area contributed by atoms with Crippen LogP contribution in [0.15, 0.2) is 48.5 Å². The number of hydrogen-bond donors (Lipinski definition) is 0. The van der Waals surface area contributed by atoms with Gasteiger partial charge in [-0.25, -0.2) is 0 Å². The van der Waals surface area contributed by atoms with Gasteiger partial charge in [-0.2, -0.15) is 0 Å². The Balaban J connectivity index is 2.03. The maximum Gasteiger partial charge on any atom is 0.259 e. The monoisotopic (exact) mass is 304 g/mol. The number of hydrogen-bond acceptors (Lipinski definition) is 2. The minimum atomic E-state index is -0.0363. The number of rotatable bonds is 2. The van der Waals surface area contributed by atoms with Crippen molar-refractivity contribution in [2.75, 3.05) is 11.9 Å². The zero-order chi connectivity index (χ0) is 16.6. The van der Waals surface area contributed by atoms with Crippen LogP contribution in [0.5, 0.6) is 0 Å². The third-order valence-electron chi connectivity index (χ3n) is 4.04. The van der Waals surface area contributed by atoms with Crippen molar-refractivity contribution in [3.8, 4) is 0 Å². The highest BCUT2D eigenvalue weighted by atomic mass is 16.2. The maximum atomic E-state index is 12.9. The minimum absolute atomic E-state index is 0.0363. The van der Waals surface area contributed by atoms with E-state index in [1.165, 1.54) is 0 Å². The zero-order valence-corrected chi connectivity index (χ0v) is 13.9. The Morgan fingerprint density at radius 1 is 0.957 bits per heavy atom. The van der Waals surface area contributed by atoms with Gasteiger partial charge in [0.05, 0.1) is 16.8 Å². The highest BCUT2D eigenvalue weighted by Gasteiger charge is 2.17. The second-order valence-electron chi connectivity index (χ2n) is 6.02. The molecule has 0 aliphatic rings. The van der Waals surface area contributed by atoms with Crippen LogP contribution < -0.4 is 4.90 Å². The van der Waals surface area contributed by atoms with E-state index in [1.54, 1.807) is 4.90 Å². The fraction of sp³-hybridized carbons (Fsp3) is 0.200. The van der Waals surface area contributed by atoms with E-state index in [4.69, 9.17) is 0 Å². The van der Waals surface area contributed by atoms with E-state index in [9.17, 15) is 4.79 Å². The van der Waals surface area contributed by atoms with Crippen molar-refractivity contribution in [1.29, 1.82) is 0 Å². The molecule has 1 aromatic heterocycles. The highest BCUT2D eigenvalue weighted by molar-refractivity contribution is 6.08. The molecule has 0 spiro atoms. The van der Waals surface area contributed by atoms with E-state index in [0.717, 1.165) is 33.4 Å². The second-order valence-corrected chi connectivity index (χ2v) is 6.02. The van der Waals surface area contributed by atoms with Gasteiger partial charge < -0.3 is 4.90 Å². The average molecular weight is 304 g/mol. The molecule has 0 aliphatic carbocycles. The summed E-state index contributed by atoms with van der Waals surface area (Å²) in [6, 6.07) is 15.9. The van der Waals surface area contributed by atoms with E-state index in [2.05, 4.69) is 11.1 Å². The van der Waals surface area contributed by atoms with Gasteiger partial charge in [-0.05, 0) is 56.2 Å². The van der Waals surface area contributed by atoms with Crippen LogP contribution in [0, 0.1) is 20.8 Å². The van der Waals surface area contributed by atoms with Crippen LogP contribution in [0.1, 0.15) is 27.2 Å². The summed E-state index contributed by atoms with van der Waals surface area (Å²) in [7, 11) is 1.81. The first kappa shape index (κ1) is 15.2. The van der Waals surface area contributed by atoms with Crippen molar-refractivity contribution in [2.24, 2.45) is 0 Å². The van der Waals surface area contributed by atoms with Gasteiger partial charge in [0, 0.05) is 18.1 Å². The molecule has 2 aromatic carbocycles. The number of para-hydroxylation sites is 1. The maximum absolute atomic E-state index is 12.9. The Kier molecular flexibility index (Phi) is 3.87. The molecule has 3 heteroatoms. The summed E-state index contributed by atoms with van der Waals surface area (Å²) in [5.74, 6) is -0.0363. The smallest absolute Gasteiger partial charge is 0.259 e. The van der Waals surface area contributed by atoms with Gasteiger partial charge >= 0.3 is 0 Å². The van der Waals surface area contributed by atoms with Crippen molar-refractivity contribution in [2.45, 2.75) is 20.8 Å². The fourth-order valence-electron chi connectivity index (χ4n) is 2.87. The predicted octanol–water partition coefficient (Wildman–Crippen LogP) is 4.44. The summed E-state index contributed by atoms with van der Waals surface area (Å²) in [5.41, 5.74) is 5.51. The molecule has 3 aromatic rings. The van der Waals surface area contributed by atoms with Crippen LogP contribution in [0.4, 0.5) is 5.69 Å². The lowest BCUT2D eigenvalue weighted by molar-refractivity contribution is 0.0992. The summed E-state index contributed by atoms with van der Waals surface area (Å²) in [6.07, 6.45) is 0. The number of nitrogens with zero attached hydrogens (tertiary/aromatic N) is 2. The molecule has 0 fully saturated rings. The van der Waals surface area contributed by atoms with Gasteiger partial charge in [0.2, 0.25) is 0 Å². The molecule has 116 valence electrons. The quantitative estimate of drug-likeness (QED) is 0.701. The lowest BCUT2D eigenvalue weighted by Gasteiger charge is -2.20. The van der Waals surface area contributed by atoms with Crippen LogP contribution in [-0.2, 0) is 0 Å². The van der Waals surface area contributed by atoms with Gasteiger partial charge in [-0.3, -0.25) is 9.78 Å². The molecule has 3 nitrogen and oxygen atoms in total. The Labute approximate surface area is 136 Å². The lowest BCUT2D eigenvalue weighted by atomic mass is 10.1. The second kappa shape index (κ2) is 5.84. The molecule has 0 atom stereocenters. The number of aromatic nitrogens is 1. The molecule has 1 amide bonds. The first-order chi connectivity index (χ1) is 11.0. The number of pyridine rings is 1. The van der Waals surface area contributed by atoms with Crippen molar-refractivity contribution in [3.63, 3.8) is 0 Å². The highest BCUT2D eigenvalue weighted by Crippen LogP contribution is 2.22. The summed E-state index contributed by atoms with van der Waals surface area (Å²) < 4.78 is 0. The van der Waals surface area contributed by atoms with Crippen LogP contribution >= 0.6 is 0 Å². The summed E-state index contributed by atoms with van der Waals surface area (Å²) in [4.78, 5) is 19.2. The van der Waals surface area contributed by atoms with E-state index in [0.29, 0.717) is 5.56 Å². The van der Waals surface area contributed by atoms with E-state index < -0.39 is 0 Å². The molecule has 3 rings (SSSR count). The van der Waals surface area contributed by atoms with Crippen LogP contribution in [0.25, 0.3) is 10.9 Å². The standard InChI is InChI=1S/C20H20N2O/c1-13-9-14(2)11-17(10-13)22(4)20(23)18-12-16-7-5-6-8-19(16)21-15(18)3/h5-12H,1-4H3. The van der Waals surface area contributed by atoms with Gasteiger partial charge in [-0.1, -0.05) is 24.3 Å². The summed E-state index contributed by atoms with van der Waals surface area (Å²) >= 11 is 0. The number of amides is 1. The Bertz CT molecular complexity index is 879. The van der Waals surface area contributed by atoms with E-state index in [1.807, 2.05) is 70.3 Å². The third-order valence-corrected chi connectivity index (χ3v) is 4.04. The molecule has 1 heterocycles. The van der Waals surface area contributed by atoms with Crippen LogP contribution in [0.3, 0.4) is 0 Å². The number of carbonyl (C=O) groups is 1. The molecule has 0 saturated heterocycles. The van der Waals surface area contributed by atoms with Gasteiger partial charge in [0.15, 0.2) is 0 Å². The first-order valence-electron chi connectivity index (χ1n) is 7.68. The largest absolute Gasteiger partial charge is 0.311 e. The third kappa shape index (κ3) is 2.95. The van der Waals surface area contributed by atoms with E-state index >= 15 is 0 Å².